The van der Waals surface area contributed by atoms with E-state index in [1.807, 2.05) is 12.1 Å². The standard InChI is InChI=1S/C13H21NO3/c1-5-6-14(2)9-10-7-11(16-3)13(15)12(8-10)17-4/h7-8,15H,5-6,9H2,1-4H3. The van der Waals surface area contributed by atoms with Crippen LogP contribution in [-0.2, 0) is 6.54 Å². The monoisotopic (exact) mass is 239 g/mol. The van der Waals surface area contributed by atoms with Crippen LogP contribution in [0.4, 0.5) is 0 Å². The van der Waals surface area contributed by atoms with Crippen molar-refractivity contribution < 1.29 is 14.6 Å². The maximum atomic E-state index is 9.79. The van der Waals surface area contributed by atoms with Gasteiger partial charge in [-0.05, 0) is 37.7 Å². The van der Waals surface area contributed by atoms with Crippen LogP contribution in [0.1, 0.15) is 18.9 Å². The fourth-order valence-electron chi connectivity index (χ4n) is 1.81. The summed E-state index contributed by atoms with van der Waals surface area (Å²) in [5.74, 6) is 0.949. The molecule has 0 aromatic heterocycles. The highest BCUT2D eigenvalue weighted by Gasteiger charge is 2.11. The summed E-state index contributed by atoms with van der Waals surface area (Å²) in [7, 11) is 5.14. The Labute approximate surface area is 103 Å². The second-order valence-corrected chi connectivity index (χ2v) is 4.09. The quantitative estimate of drug-likeness (QED) is 0.826. The van der Waals surface area contributed by atoms with Crippen molar-refractivity contribution in [2.75, 3.05) is 27.8 Å². The molecular formula is C13H21NO3. The zero-order valence-corrected chi connectivity index (χ0v) is 11.0. The van der Waals surface area contributed by atoms with Crippen molar-refractivity contribution in [3.63, 3.8) is 0 Å². The van der Waals surface area contributed by atoms with Gasteiger partial charge in [-0.25, -0.2) is 0 Å². The van der Waals surface area contributed by atoms with Crippen LogP contribution < -0.4 is 9.47 Å². The Balaban J connectivity index is 2.92. The first kappa shape index (κ1) is 13.6. The molecule has 0 amide bonds. The molecule has 0 fully saturated rings. The van der Waals surface area contributed by atoms with Gasteiger partial charge in [0.15, 0.2) is 11.5 Å². The molecule has 0 heterocycles. The minimum absolute atomic E-state index is 0.0527. The van der Waals surface area contributed by atoms with Crippen molar-refractivity contribution in [3.8, 4) is 17.2 Å². The van der Waals surface area contributed by atoms with E-state index in [0.29, 0.717) is 11.5 Å². The van der Waals surface area contributed by atoms with Crippen molar-refractivity contribution in [3.05, 3.63) is 17.7 Å². The van der Waals surface area contributed by atoms with E-state index in [0.717, 1.165) is 25.1 Å². The molecule has 0 aliphatic heterocycles. The highest BCUT2D eigenvalue weighted by Crippen LogP contribution is 2.37. The molecule has 1 aromatic rings. The van der Waals surface area contributed by atoms with Crippen molar-refractivity contribution >= 4 is 0 Å². The summed E-state index contributed by atoms with van der Waals surface area (Å²) in [5, 5.41) is 9.79. The van der Waals surface area contributed by atoms with E-state index in [-0.39, 0.29) is 5.75 Å². The number of phenolic OH excluding ortho intramolecular Hbond substituents is 1. The second kappa shape index (κ2) is 6.35. The molecule has 1 N–H and O–H groups in total. The normalized spacial score (nSPS) is 10.6. The van der Waals surface area contributed by atoms with Gasteiger partial charge in [0.05, 0.1) is 14.2 Å². The Hall–Kier alpha value is -1.42. The summed E-state index contributed by atoms with van der Waals surface area (Å²) in [6.45, 7) is 3.99. The molecule has 0 radical (unpaired) electrons. The Morgan fingerprint density at radius 2 is 1.71 bits per heavy atom. The van der Waals surface area contributed by atoms with Crippen molar-refractivity contribution in [1.29, 1.82) is 0 Å². The molecule has 0 saturated carbocycles. The predicted molar refractivity (Wildman–Crippen MR) is 67.8 cm³/mol. The van der Waals surface area contributed by atoms with Crippen LogP contribution in [0.15, 0.2) is 12.1 Å². The molecule has 0 atom stereocenters. The number of phenols is 1. The summed E-state index contributed by atoms with van der Waals surface area (Å²) in [5.41, 5.74) is 1.06. The van der Waals surface area contributed by atoms with Gasteiger partial charge in [0.1, 0.15) is 0 Å². The summed E-state index contributed by atoms with van der Waals surface area (Å²) >= 11 is 0. The van der Waals surface area contributed by atoms with Crippen LogP contribution in [0.5, 0.6) is 17.2 Å². The molecule has 4 heteroatoms. The summed E-state index contributed by atoms with van der Waals surface area (Å²) < 4.78 is 10.2. The molecular weight excluding hydrogens is 218 g/mol. The molecule has 0 spiro atoms. The van der Waals surface area contributed by atoms with Gasteiger partial charge in [0.25, 0.3) is 0 Å². The molecule has 96 valence electrons. The van der Waals surface area contributed by atoms with E-state index in [1.165, 1.54) is 14.2 Å². The molecule has 1 aromatic carbocycles. The van der Waals surface area contributed by atoms with Crippen LogP contribution in [0.3, 0.4) is 0 Å². The number of rotatable bonds is 6. The maximum absolute atomic E-state index is 9.79. The Morgan fingerprint density at radius 3 is 2.12 bits per heavy atom. The van der Waals surface area contributed by atoms with Gasteiger partial charge in [-0.2, -0.15) is 0 Å². The molecule has 0 bridgehead atoms. The van der Waals surface area contributed by atoms with Crippen molar-refractivity contribution in [2.45, 2.75) is 19.9 Å². The van der Waals surface area contributed by atoms with Gasteiger partial charge >= 0.3 is 0 Å². The molecule has 4 nitrogen and oxygen atoms in total. The minimum Gasteiger partial charge on any atom is -0.502 e. The summed E-state index contributed by atoms with van der Waals surface area (Å²) in [4.78, 5) is 2.21. The lowest BCUT2D eigenvalue weighted by Crippen LogP contribution is -2.18. The van der Waals surface area contributed by atoms with E-state index in [2.05, 4.69) is 18.9 Å². The fraction of sp³-hybridized carbons (Fsp3) is 0.538. The van der Waals surface area contributed by atoms with Crippen molar-refractivity contribution in [2.24, 2.45) is 0 Å². The van der Waals surface area contributed by atoms with E-state index < -0.39 is 0 Å². The van der Waals surface area contributed by atoms with E-state index in [4.69, 9.17) is 9.47 Å². The minimum atomic E-state index is 0.0527. The zero-order valence-electron chi connectivity index (χ0n) is 11.0. The Kier molecular flexibility index (Phi) is 5.10. The SMILES string of the molecule is CCCN(C)Cc1cc(OC)c(O)c(OC)c1. The van der Waals surface area contributed by atoms with Crippen LogP contribution in [-0.4, -0.2) is 37.8 Å². The van der Waals surface area contributed by atoms with Crippen molar-refractivity contribution in [1.82, 2.24) is 4.90 Å². The largest absolute Gasteiger partial charge is 0.502 e. The molecule has 17 heavy (non-hydrogen) atoms. The van der Waals surface area contributed by atoms with Crippen LogP contribution in [0.2, 0.25) is 0 Å². The number of aromatic hydroxyl groups is 1. The van der Waals surface area contributed by atoms with Gasteiger partial charge in [0.2, 0.25) is 5.75 Å². The van der Waals surface area contributed by atoms with E-state index in [1.54, 1.807) is 0 Å². The topological polar surface area (TPSA) is 41.9 Å². The van der Waals surface area contributed by atoms with Gasteiger partial charge in [-0.15, -0.1) is 0 Å². The molecule has 0 aliphatic rings. The molecule has 1 rings (SSSR count). The first-order chi connectivity index (χ1) is 8.12. The average Bonchev–Trinajstić information content (AvgIpc) is 2.31. The lowest BCUT2D eigenvalue weighted by Gasteiger charge is -2.17. The third-order valence-electron chi connectivity index (χ3n) is 2.60. The average molecular weight is 239 g/mol. The highest BCUT2D eigenvalue weighted by atomic mass is 16.5. The number of hydrogen-bond donors (Lipinski definition) is 1. The van der Waals surface area contributed by atoms with E-state index >= 15 is 0 Å². The second-order valence-electron chi connectivity index (χ2n) is 4.09. The predicted octanol–water partition coefficient (Wildman–Crippen LogP) is 2.25. The number of nitrogens with zero attached hydrogens (tertiary/aromatic N) is 1. The molecule has 0 unspecified atom stereocenters. The number of ether oxygens (including phenoxy) is 2. The smallest absolute Gasteiger partial charge is 0.200 e. The Bertz CT molecular complexity index is 341. The Morgan fingerprint density at radius 1 is 1.18 bits per heavy atom. The first-order valence-corrected chi connectivity index (χ1v) is 5.74. The van der Waals surface area contributed by atoms with Crippen LogP contribution in [0.25, 0.3) is 0 Å². The maximum Gasteiger partial charge on any atom is 0.200 e. The van der Waals surface area contributed by atoms with E-state index in [9.17, 15) is 5.11 Å². The van der Waals surface area contributed by atoms with Crippen LogP contribution in [0, 0.1) is 0 Å². The summed E-state index contributed by atoms with van der Waals surface area (Å²) in [6.07, 6.45) is 1.11. The van der Waals surface area contributed by atoms with Crippen LogP contribution >= 0.6 is 0 Å². The van der Waals surface area contributed by atoms with Gasteiger partial charge in [-0.1, -0.05) is 6.92 Å². The first-order valence-electron chi connectivity index (χ1n) is 5.74. The van der Waals surface area contributed by atoms with Gasteiger partial charge in [-0.3, -0.25) is 0 Å². The number of benzene rings is 1. The highest BCUT2D eigenvalue weighted by molar-refractivity contribution is 5.52. The third-order valence-corrected chi connectivity index (χ3v) is 2.60. The zero-order chi connectivity index (χ0) is 12.8. The summed E-state index contributed by atoms with van der Waals surface area (Å²) in [6, 6.07) is 3.67. The molecule has 0 aliphatic carbocycles. The number of methoxy groups -OCH3 is 2. The fourth-order valence-corrected chi connectivity index (χ4v) is 1.81. The van der Waals surface area contributed by atoms with Gasteiger partial charge < -0.3 is 19.5 Å². The lowest BCUT2D eigenvalue weighted by atomic mass is 10.1. The third kappa shape index (κ3) is 3.53. The lowest BCUT2D eigenvalue weighted by molar-refractivity contribution is 0.319. The molecule has 0 saturated heterocycles. The number of hydrogen-bond acceptors (Lipinski definition) is 4. The van der Waals surface area contributed by atoms with Gasteiger partial charge in [0, 0.05) is 6.54 Å².